The van der Waals surface area contributed by atoms with E-state index < -0.39 is 17.7 Å². The highest BCUT2D eigenvalue weighted by atomic mass is 32.1. The second-order valence-corrected chi connectivity index (χ2v) is 6.91. The molecule has 1 N–H and O–H groups in total. The lowest BCUT2D eigenvalue weighted by Crippen LogP contribution is -2.22. The van der Waals surface area contributed by atoms with Gasteiger partial charge >= 0.3 is 0 Å². The SMILES string of the molecule is C[C@@H]1N=C(c2c(F)cccc2F)c2c(sc3c2CCC3)NC1=O. The molecule has 2 aromatic rings. The summed E-state index contributed by atoms with van der Waals surface area (Å²) in [5.41, 5.74) is 1.87. The molecule has 0 unspecified atom stereocenters. The average molecular weight is 332 g/mol. The van der Waals surface area contributed by atoms with E-state index in [1.807, 2.05) is 0 Å². The van der Waals surface area contributed by atoms with E-state index in [9.17, 15) is 13.6 Å². The van der Waals surface area contributed by atoms with Crippen molar-refractivity contribution in [3.63, 3.8) is 0 Å². The number of amides is 1. The third-order valence-corrected chi connectivity index (χ3v) is 5.50. The van der Waals surface area contributed by atoms with Crippen LogP contribution in [0.4, 0.5) is 13.8 Å². The summed E-state index contributed by atoms with van der Waals surface area (Å²) in [5, 5.41) is 3.52. The minimum atomic E-state index is -0.694. The largest absolute Gasteiger partial charge is 0.315 e. The minimum absolute atomic E-state index is 0.149. The van der Waals surface area contributed by atoms with Gasteiger partial charge in [0.05, 0.1) is 11.3 Å². The van der Waals surface area contributed by atoms with Gasteiger partial charge in [0, 0.05) is 10.4 Å². The first kappa shape index (κ1) is 14.5. The van der Waals surface area contributed by atoms with Crippen LogP contribution in [0.5, 0.6) is 0 Å². The first-order valence-electron chi connectivity index (χ1n) is 7.54. The second-order valence-electron chi connectivity index (χ2n) is 5.80. The van der Waals surface area contributed by atoms with Crippen molar-refractivity contribution in [2.45, 2.75) is 32.2 Å². The third-order valence-electron chi connectivity index (χ3n) is 4.30. The zero-order valence-corrected chi connectivity index (χ0v) is 13.3. The molecule has 0 bridgehead atoms. The fourth-order valence-corrected chi connectivity index (χ4v) is 4.48. The van der Waals surface area contributed by atoms with E-state index in [4.69, 9.17) is 0 Å². The number of fused-ring (bicyclic) bond motifs is 3. The maximum atomic E-state index is 14.3. The Hall–Kier alpha value is -2.08. The molecular formula is C17H14F2N2OS. The molecule has 0 spiro atoms. The first-order valence-corrected chi connectivity index (χ1v) is 8.36. The number of nitrogens with one attached hydrogen (secondary N) is 1. The van der Waals surface area contributed by atoms with Gasteiger partial charge in [-0.15, -0.1) is 11.3 Å². The van der Waals surface area contributed by atoms with Crippen molar-refractivity contribution in [2.75, 3.05) is 5.32 Å². The number of rotatable bonds is 1. The quantitative estimate of drug-likeness (QED) is 0.850. The molecule has 2 aliphatic rings. The normalized spacial score (nSPS) is 19.7. The van der Waals surface area contributed by atoms with Gasteiger partial charge in [-0.2, -0.15) is 0 Å². The summed E-state index contributed by atoms with van der Waals surface area (Å²) in [4.78, 5) is 17.7. The highest BCUT2D eigenvalue weighted by molar-refractivity contribution is 7.17. The Morgan fingerprint density at radius 1 is 1.22 bits per heavy atom. The third kappa shape index (κ3) is 2.20. The number of anilines is 1. The molecule has 2 heterocycles. The fourth-order valence-electron chi connectivity index (χ4n) is 3.19. The van der Waals surface area contributed by atoms with Crippen LogP contribution in [0.15, 0.2) is 23.2 Å². The molecule has 1 aliphatic heterocycles. The van der Waals surface area contributed by atoms with Crippen LogP contribution in [0.25, 0.3) is 0 Å². The van der Waals surface area contributed by atoms with Crippen LogP contribution >= 0.6 is 11.3 Å². The summed E-state index contributed by atoms with van der Waals surface area (Å²) in [7, 11) is 0. The molecule has 1 aliphatic carbocycles. The summed E-state index contributed by atoms with van der Waals surface area (Å²) < 4.78 is 28.6. The maximum absolute atomic E-state index is 14.3. The van der Waals surface area contributed by atoms with Crippen molar-refractivity contribution in [3.8, 4) is 0 Å². The molecule has 4 rings (SSSR count). The Morgan fingerprint density at radius 2 is 1.96 bits per heavy atom. The van der Waals surface area contributed by atoms with E-state index in [0.29, 0.717) is 10.6 Å². The molecular weight excluding hydrogens is 318 g/mol. The number of carbonyl (C=O) groups excluding carboxylic acids is 1. The summed E-state index contributed by atoms with van der Waals surface area (Å²) in [6.07, 6.45) is 2.80. The summed E-state index contributed by atoms with van der Waals surface area (Å²) in [6.45, 7) is 1.63. The number of nitrogens with zero attached hydrogens (tertiary/aromatic N) is 1. The monoisotopic (exact) mass is 332 g/mol. The van der Waals surface area contributed by atoms with Gasteiger partial charge in [0.2, 0.25) is 5.91 Å². The Kier molecular flexibility index (Phi) is 3.30. The molecule has 118 valence electrons. The Labute approximate surface area is 136 Å². The van der Waals surface area contributed by atoms with Crippen molar-refractivity contribution >= 4 is 28.0 Å². The number of halogens is 2. The van der Waals surface area contributed by atoms with Crippen LogP contribution in [0.3, 0.4) is 0 Å². The van der Waals surface area contributed by atoms with Crippen molar-refractivity contribution in [3.05, 3.63) is 51.4 Å². The molecule has 0 saturated carbocycles. The van der Waals surface area contributed by atoms with Gasteiger partial charge in [-0.3, -0.25) is 9.79 Å². The lowest BCUT2D eigenvalue weighted by atomic mass is 9.98. The zero-order valence-electron chi connectivity index (χ0n) is 12.5. The first-order chi connectivity index (χ1) is 11.1. The predicted octanol–water partition coefficient (Wildman–Crippen LogP) is 3.69. The minimum Gasteiger partial charge on any atom is -0.315 e. The highest BCUT2D eigenvalue weighted by Gasteiger charge is 2.32. The number of carbonyl (C=O) groups is 1. The molecule has 0 radical (unpaired) electrons. The molecule has 1 atom stereocenters. The molecule has 1 aromatic carbocycles. The van der Waals surface area contributed by atoms with E-state index >= 15 is 0 Å². The highest BCUT2D eigenvalue weighted by Crippen LogP contribution is 2.42. The van der Waals surface area contributed by atoms with Crippen LogP contribution in [0.1, 0.15) is 34.9 Å². The molecule has 1 aromatic heterocycles. The summed E-state index contributed by atoms with van der Waals surface area (Å²) in [6, 6.07) is 3.08. The standard InChI is InChI=1S/C17H14F2N2OS/c1-8-16(22)21-17-13(9-4-2-7-12(9)23-17)15(20-8)14-10(18)5-3-6-11(14)19/h3,5-6,8H,2,4,7H2,1H3,(H,21,22)/t8-/m0/s1. The zero-order chi connectivity index (χ0) is 16.1. The summed E-state index contributed by atoms with van der Waals surface area (Å²) in [5.74, 6) is -1.57. The number of hydrogen-bond donors (Lipinski definition) is 1. The Morgan fingerprint density at radius 3 is 2.70 bits per heavy atom. The van der Waals surface area contributed by atoms with E-state index in [0.717, 1.165) is 24.8 Å². The maximum Gasteiger partial charge on any atom is 0.249 e. The van der Waals surface area contributed by atoms with Crippen molar-refractivity contribution in [1.82, 2.24) is 0 Å². The van der Waals surface area contributed by atoms with Gasteiger partial charge in [-0.05, 0) is 43.9 Å². The van der Waals surface area contributed by atoms with Crippen LogP contribution in [0, 0.1) is 11.6 Å². The van der Waals surface area contributed by atoms with E-state index in [2.05, 4.69) is 10.3 Å². The number of hydrogen-bond acceptors (Lipinski definition) is 3. The molecule has 23 heavy (non-hydrogen) atoms. The van der Waals surface area contributed by atoms with E-state index in [1.165, 1.54) is 34.4 Å². The lowest BCUT2D eigenvalue weighted by Gasteiger charge is -2.10. The number of aliphatic imine (C=N–C) groups is 1. The van der Waals surface area contributed by atoms with Gasteiger partial charge in [-0.1, -0.05) is 6.07 Å². The fraction of sp³-hybridized carbons (Fsp3) is 0.294. The topological polar surface area (TPSA) is 41.5 Å². The number of benzene rings is 1. The van der Waals surface area contributed by atoms with Gasteiger partial charge in [0.25, 0.3) is 0 Å². The Bertz CT molecular complexity index is 836. The number of aryl methyl sites for hydroxylation is 1. The molecule has 6 heteroatoms. The van der Waals surface area contributed by atoms with Crippen molar-refractivity contribution < 1.29 is 13.6 Å². The molecule has 0 saturated heterocycles. The van der Waals surface area contributed by atoms with Crippen LogP contribution in [-0.4, -0.2) is 17.7 Å². The van der Waals surface area contributed by atoms with E-state index in [1.54, 1.807) is 6.92 Å². The average Bonchev–Trinajstić information content (AvgIpc) is 3.03. The molecule has 0 fully saturated rings. The Balaban J connectivity index is 2.02. The predicted molar refractivity (Wildman–Crippen MR) is 86.4 cm³/mol. The van der Waals surface area contributed by atoms with Gasteiger partial charge < -0.3 is 5.32 Å². The van der Waals surface area contributed by atoms with E-state index in [-0.39, 0.29) is 17.2 Å². The number of thiophene rings is 1. The van der Waals surface area contributed by atoms with Gasteiger partial charge in [0.1, 0.15) is 22.7 Å². The van der Waals surface area contributed by atoms with Gasteiger partial charge in [0.15, 0.2) is 0 Å². The molecule has 3 nitrogen and oxygen atoms in total. The lowest BCUT2D eigenvalue weighted by molar-refractivity contribution is -0.116. The smallest absolute Gasteiger partial charge is 0.249 e. The van der Waals surface area contributed by atoms with Crippen molar-refractivity contribution in [1.29, 1.82) is 0 Å². The van der Waals surface area contributed by atoms with Crippen LogP contribution < -0.4 is 5.32 Å². The summed E-state index contributed by atoms with van der Waals surface area (Å²) >= 11 is 1.50. The van der Waals surface area contributed by atoms with Crippen molar-refractivity contribution in [2.24, 2.45) is 4.99 Å². The van der Waals surface area contributed by atoms with Crippen LogP contribution in [-0.2, 0) is 17.6 Å². The van der Waals surface area contributed by atoms with Gasteiger partial charge in [-0.25, -0.2) is 8.78 Å². The second kappa shape index (κ2) is 5.23. The van der Waals surface area contributed by atoms with Crippen LogP contribution in [0.2, 0.25) is 0 Å². The molecule has 1 amide bonds.